The molecule has 0 aliphatic rings. The third-order valence-corrected chi connectivity index (χ3v) is 2.67. The second-order valence-corrected chi connectivity index (χ2v) is 4.21. The highest BCUT2D eigenvalue weighted by atomic mass is 35.5. The normalized spacial score (nSPS) is 10.0. The molecule has 0 spiro atoms. The number of nitro benzene ring substituents is 1. The Morgan fingerprint density at radius 1 is 1.43 bits per heavy atom. The Morgan fingerprint density at radius 2 is 2.19 bits per heavy atom. The average molecular weight is 309 g/mol. The van der Waals surface area contributed by atoms with Crippen LogP contribution in [0.5, 0.6) is 5.75 Å². The van der Waals surface area contributed by atoms with Gasteiger partial charge in [-0.2, -0.15) is 0 Å². The third-order valence-electron chi connectivity index (χ3n) is 2.49. The Kier molecular flexibility index (Phi) is 4.29. The van der Waals surface area contributed by atoms with E-state index in [1.54, 1.807) is 0 Å². The monoisotopic (exact) mass is 308 g/mol. The van der Waals surface area contributed by atoms with Gasteiger partial charge in [0.15, 0.2) is 0 Å². The van der Waals surface area contributed by atoms with Crippen molar-refractivity contribution in [1.29, 1.82) is 0 Å². The van der Waals surface area contributed by atoms with Crippen molar-refractivity contribution in [3.8, 4) is 5.75 Å². The van der Waals surface area contributed by atoms with Crippen LogP contribution < -0.4 is 10.1 Å². The molecule has 1 aromatic carbocycles. The molecule has 1 heterocycles. The number of nitrogens with one attached hydrogen (secondary N) is 1. The fourth-order valence-corrected chi connectivity index (χ4v) is 1.68. The van der Waals surface area contributed by atoms with E-state index in [2.05, 4.69) is 15.3 Å². The maximum absolute atomic E-state index is 12.0. The van der Waals surface area contributed by atoms with Crippen LogP contribution in [-0.2, 0) is 0 Å². The second-order valence-electron chi connectivity index (χ2n) is 3.82. The molecule has 1 aromatic heterocycles. The van der Waals surface area contributed by atoms with Crippen molar-refractivity contribution in [3.05, 3.63) is 51.6 Å². The lowest BCUT2D eigenvalue weighted by atomic mass is 10.2. The summed E-state index contributed by atoms with van der Waals surface area (Å²) in [6.07, 6.45) is 2.48. The van der Waals surface area contributed by atoms with Crippen molar-refractivity contribution in [2.75, 3.05) is 12.4 Å². The Labute approximate surface area is 123 Å². The van der Waals surface area contributed by atoms with Crippen LogP contribution in [0.3, 0.4) is 0 Å². The van der Waals surface area contributed by atoms with Crippen molar-refractivity contribution in [3.63, 3.8) is 0 Å². The van der Waals surface area contributed by atoms with Gasteiger partial charge in [-0.1, -0.05) is 11.6 Å². The van der Waals surface area contributed by atoms with Gasteiger partial charge in [0.25, 0.3) is 11.6 Å². The van der Waals surface area contributed by atoms with Crippen LogP contribution in [0.4, 0.5) is 11.4 Å². The number of anilines is 1. The number of rotatable bonds is 4. The Morgan fingerprint density at radius 3 is 2.81 bits per heavy atom. The van der Waals surface area contributed by atoms with Crippen molar-refractivity contribution < 1.29 is 14.5 Å². The topological polar surface area (TPSA) is 107 Å². The molecule has 1 amide bonds. The van der Waals surface area contributed by atoms with Gasteiger partial charge in [-0.15, -0.1) is 0 Å². The van der Waals surface area contributed by atoms with E-state index in [0.717, 1.165) is 0 Å². The lowest BCUT2D eigenvalue weighted by Crippen LogP contribution is -2.15. The van der Waals surface area contributed by atoms with Gasteiger partial charge >= 0.3 is 0 Å². The lowest BCUT2D eigenvalue weighted by molar-refractivity contribution is -0.384. The molecule has 21 heavy (non-hydrogen) atoms. The maximum Gasteiger partial charge on any atom is 0.296 e. The number of methoxy groups -OCH3 is 1. The quantitative estimate of drug-likeness (QED) is 0.686. The maximum atomic E-state index is 12.0. The molecule has 8 nitrogen and oxygen atoms in total. The van der Waals surface area contributed by atoms with Crippen molar-refractivity contribution in [2.24, 2.45) is 0 Å². The molecule has 2 aromatic rings. The number of nitro groups is 1. The van der Waals surface area contributed by atoms with Crippen LogP contribution in [0.15, 0.2) is 30.6 Å². The van der Waals surface area contributed by atoms with Gasteiger partial charge in [0.1, 0.15) is 22.3 Å². The van der Waals surface area contributed by atoms with Gasteiger partial charge in [0.2, 0.25) is 0 Å². The SMILES string of the molecule is COc1ccc(NC(=O)c2cncc(Cl)n2)c([N+](=O)[O-])c1. The standard InChI is InChI=1S/C12H9ClN4O4/c1-21-7-2-3-8(10(4-7)17(19)20)16-12(18)9-5-14-6-11(13)15-9/h2-6H,1H3,(H,16,18). The predicted octanol–water partition coefficient (Wildman–Crippen LogP) is 2.30. The van der Waals surface area contributed by atoms with Gasteiger partial charge < -0.3 is 10.1 Å². The first-order valence-corrected chi connectivity index (χ1v) is 6.00. The van der Waals surface area contributed by atoms with Crippen LogP contribution in [0, 0.1) is 10.1 Å². The van der Waals surface area contributed by atoms with Crippen LogP contribution in [0.1, 0.15) is 10.5 Å². The summed E-state index contributed by atoms with van der Waals surface area (Å²) < 4.78 is 4.91. The van der Waals surface area contributed by atoms with Crippen molar-refractivity contribution in [2.45, 2.75) is 0 Å². The third kappa shape index (κ3) is 3.42. The largest absolute Gasteiger partial charge is 0.496 e. The van der Waals surface area contributed by atoms with E-state index in [4.69, 9.17) is 16.3 Å². The summed E-state index contributed by atoms with van der Waals surface area (Å²) in [5.41, 5.74) is -0.321. The fourth-order valence-electron chi connectivity index (χ4n) is 1.53. The summed E-state index contributed by atoms with van der Waals surface area (Å²) in [5, 5.41) is 13.4. The molecule has 0 saturated heterocycles. The summed E-state index contributed by atoms with van der Waals surface area (Å²) in [6.45, 7) is 0. The summed E-state index contributed by atoms with van der Waals surface area (Å²) in [4.78, 5) is 29.9. The van der Waals surface area contributed by atoms with Gasteiger partial charge in [-0.25, -0.2) is 4.98 Å². The summed E-state index contributed by atoms with van der Waals surface area (Å²) >= 11 is 5.63. The smallest absolute Gasteiger partial charge is 0.296 e. The predicted molar refractivity (Wildman–Crippen MR) is 74.6 cm³/mol. The number of hydrogen-bond donors (Lipinski definition) is 1. The fraction of sp³-hybridized carbons (Fsp3) is 0.0833. The molecule has 108 valence electrons. The Balaban J connectivity index is 2.31. The van der Waals surface area contributed by atoms with E-state index in [0.29, 0.717) is 5.75 Å². The van der Waals surface area contributed by atoms with Crippen LogP contribution >= 0.6 is 11.6 Å². The molecule has 0 aliphatic carbocycles. The number of amides is 1. The highest BCUT2D eigenvalue weighted by Gasteiger charge is 2.18. The zero-order chi connectivity index (χ0) is 15.4. The minimum absolute atomic E-state index is 0.0209. The first-order chi connectivity index (χ1) is 10.0. The number of nitrogens with zero attached hydrogens (tertiary/aromatic N) is 3. The first-order valence-electron chi connectivity index (χ1n) is 5.62. The average Bonchev–Trinajstić information content (AvgIpc) is 2.47. The molecule has 0 bridgehead atoms. The molecular weight excluding hydrogens is 300 g/mol. The molecule has 2 rings (SSSR count). The molecule has 0 radical (unpaired) electrons. The number of ether oxygens (including phenoxy) is 1. The number of hydrogen-bond acceptors (Lipinski definition) is 6. The highest BCUT2D eigenvalue weighted by molar-refractivity contribution is 6.29. The summed E-state index contributed by atoms with van der Waals surface area (Å²) in [6, 6.07) is 4.07. The lowest BCUT2D eigenvalue weighted by Gasteiger charge is -2.07. The van der Waals surface area contributed by atoms with Crippen LogP contribution in [0.25, 0.3) is 0 Å². The summed E-state index contributed by atoms with van der Waals surface area (Å²) in [5.74, 6) is -0.347. The van der Waals surface area contributed by atoms with Gasteiger partial charge in [-0.05, 0) is 12.1 Å². The minimum Gasteiger partial charge on any atom is -0.496 e. The van der Waals surface area contributed by atoms with E-state index >= 15 is 0 Å². The van der Waals surface area contributed by atoms with Crippen LogP contribution in [-0.4, -0.2) is 27.9 Å². The Bertz CT molecular complexity index is 707. The molecule has 0 aliphatic heterocycles. The van der Waals surface area contributed by atoms with Crippen molar-refractivity contribution in [1.82, 2.24) is 9.97 Å². The molecular formula is C12H9ClN4O4. The van der Waals surface area contributed by atoms with Crippen LogP contribution in [0.2, 0.25) is 5.15 Å². The number of carbonyl (C=O) groups excluding carboxylic acids is 1. The van der Waals surface area contributed by atoms with Gasteiger partial charge in [-0.3, -0.25) is 19.9 Å². The number of aromatic nitrogens is 2. The molecule has 9 heteroatoms. The second kappa shape index (κ2) is 6.14. The number of benzene rings is 1. The first kappa shape index (κ1) is 14.7. The summed E-state index contributed by atoms with van der Waals surface area (Å²) in [7, 11) is 1.39. The zero-order valence-corrected chi connectivity index (χ0v) is 11.5. The van der Waals surface area contributed by atoms with E-state index in [9.17, 15) is 14.9 Å². The molecule has 0 saturated carbocycles. The van der Waals surface area contributed by atoms with E-state index in [1.807, 2.05) is 0 Å². The zero-order valence-electron chi connectivity index (χ0n) is 10.7. The van der Waals surface area contributed by atoms with E-state index < -0.39 is 10.8 Å². The number of halogens is 1. The molecule has 0 atom stereocenters. The molecule has 0 fully saturated rings. The highest BCUT2D eigenvalue weighted by Crippen LogP contribution is 2.29. The molecule has 1 N–H and O–H groups in total. The molecule has 0 unspecified atom stereocenters. The van der Waals surface area contributed by atoms with E-state index in [1.165, 1.54) is 37.7 Å². The van der Waals surface area contributed by atoms with Gasteiger partial charge in [0.05, 0.1) is 30.5 Å². The minimum atomic E-state index is -0.654. The van der Waals surface area contributed by atoms with Gasteiger partial charge in [0, 0.05) is 0 Å². The van der Waals surface area contributed by atoms with Crippen molar-refractivity contribution >= 4 is 28.9 Å². The Hall–Kier alpha value is -2.74. The number of carbonyl (C=O) groups is 1. The van der Waals surface area contributed by atoms with E-state index in [-0.39, 0.29) is 22.2 Å².